The molecule has 7 heteroatoms. The Kier molecular flexibility index (Phi) is 4.39. The van der Waals surface area contributed by atoms with Crippen LogP contribution in [0.2, 0.25) is 0 Å². The minimum absolute atomic E-state index is 0.0708. The number of fused-ring (bicyclic) bond motifs is 3. The van der Waals surface area contributed by atoms with E-state index in [4.69, 9.17) is 4.42 Å². The van der Waals surface area contributed by atoms with Gasteiger partial charge in [0, 0.05) is 17.8 Å². The van der Waals surface area contributed by atoms with E-state index in [0.29, 0.717) is 5.03 Å². The summed E-state index contributed by atoms with van der Waals surface area (Å²) in [5.41, 5.74) is 5.73. The quantitative estimate of drug-likeness (QED) is 0.530. The van der Waals surface area contributed by atoms with Gasteiger partial charge >= 0.3 is 0 Å². The Balaban J connectivity index is 1.56. The zero-order chi connectivity index (χ0) is 19.1. The molecular weight excluding hydrogens is 360 g/mol. The summed E-state index contributed by atoms with van der Waals surface area (Å²) in [5, 5.41) is 12.2. The maximum atomic E-state index is 12.4. The molecule has 0 atom stereocenters. The summed E-state index contributed by atoms with van der Waals surface area (Å²) in [6.07, 6.45) is 0. The lowest BCUT2D eigenvalue weighted by molar-refractivity contribution is -0.113. The van der Waals surface area contributed by atoms with Crippen molar-refractivity contribution in [3.05, 3.63) is 53.0 Å². The number of nitrogens with zero attached hydrogens (tertiary/aromatic N) is 3. The molecular formula is C20H20N4O2S. The third-order valence-corrected chi connectivity index (χ3v) is 5.41. The van der Waals surface area contributed by atoms with Crippen molar-refractivity contribution in [1.82, 2.24) is 14.6 Å². The molecule has 1 N–H and O–H groups in total. The van der Waals surface area contributed by atoms with Gasteiger partial charge in [0.25, 0.3) is 0 Å². The summed E-state index contributed by atoms with van der Waals surface area (Å²) in [7, 11) is 0. The van der Waals surface area contributed by atoms with E-state index < -0.39 is 0 Å². The van der Waals surface area contributed by atoms with Gasteiger partial charge in [-0.1, -0.05) is 29.5 Å². The monoisotopic (exact) mass is 380 g/mol. The van der Waals surface area contributed by atoms with Gasteiger partial charge in [-0.3, -0.25) is 9.20 Å². The van der Waals surface area contributed by atoms with Gasteiger partial charge in [0.1, 0.15) is 16.6 Å². The lowest BCUT2D eigenvalue weighted by Crippen LogP contribution is -2.15. The van der Waals surface area contributed by atoms with Crippen LogP contribution in [0.15, 0.2) is 39.8 Å². The lowest BCUT2D eigenvalue weighted by Gasteiger charge is -2.09. The number of hydrogen-bond donors (Lipinski definition) is 1. The first-order valence-corrected chi connectivity index (χ1v) is 9.66. The molecule has 0 radical (unpaired) electrons. The largest absolute Gasteiger partial charge is 0.460 e. The number of furan rings is 1. The summed E-state index contributed by atoms with van der Waals surface area (Å²) in [6, 6.07) is 9.91. The Bertz CT molecular complexity index is 1180. The summed E-state index contributed by atoms with van der Waals surface area (Å²) in [6.45, 7) is 7.85. The van der Waals surface area contributed by atoms with Gasteiger partial charge in [-0.2, -0.15) is 0 Å². The second-order valence-corrected chi connectivity index (χ2v) is 7.64. The third-order valence-electron chi connectivity index (χ3n) is 4.44. The Morgan fingerprint density at radius 2 is 1.93 bits per heavy atom. The molecule has 3 aromatic heterocycles. The molecule has 0 aliphatic rings. The zero-order valence-electron chi connectivity index (χ0n) is 15.7. The Hall–Kier alpha value is -2.80. The van der Waals surface area contributed by atoms with E-state index in [2.05, 4.69) is 21.6 Å². The lowest BCUT2D eigenvalue weighted by atomic mass is 10.1. The van der Waals surface area contributed by atoms with Crippen LogP contribution in [-0.4, -0.2) is 26.3 Å². The maximum absolute atomic E-state index is 12.4. The number of amides is 1. The van der Waals surface area contributed by atoms with Crippen molar-refractivity contribution in [2.75, 3.05) is 11.1 Å². The predicted octanol–water partition coefficient (Wildman–Crippen LogP) is 4.44. The Morgan fingerprint density at radius 1 is 1.11 bits per heavy atom. The van der Waals surface area contributed by atoms with Crippen molar-refractivity contribution in [1.29, 1.82) is 0 Å². The zero-order valence-corrected chi connectivity index (χ0v) is 16.5. The average Bonchev–Trinajstić information content (AvgIpc) is 3.13. The number of rotatable bonds is 4. The second-order valence-electron chi connectivity index (χ2n) is 6.68. The molecule has 0 spiro atoms. The molecule has 4 rings (SSSR count). The van der Waals surface area contributed by atoms with E-state index in [1.807, 2.05) is 56.4 Å². The van der Waals surface area contributed by atoms with Crippen molar-refractivity contribution in [2.45, 2.75) is 32.7 Å². The van der Waals surface area contributed by atoms with Gasteiger partial charge in [-0.25, -0.2) is 0 Å². The molecule has 0 aliphatic carbocycles. The number of aryl methyl sites for hydroxylation is 4. The van der Waals surface area contributed by atoms with Crippen LogP contribution < -0.4 is 5.32 Å². The molecule has 0 unspecified atom stereocenters. The number of hydrogen-bond acceptors (Lipinski definition) is 5. The van der Waals surface area contributed by atoms with Crippen molar-refractivity contribution in [2.24, 2.45) is 0 Å². The van der Waals surface area contributed by atoms with E-state index in [1.54, 1.807) is 0 Å². The molecule has 0 fully saturated rings. The number of aromatic nitrogens is 3. The summed E-state index contributed by atoms with van der Waals surface area (Å²) in [5.74, 6) is 1.82. The molecule has 0 saturated carbocycles. The standard InChI is InChI=1S/C20H20N4O2S/c1-11-5-6-15(12(2)7-11)21-19(25)10-27-20-17-9-18-16(8-13(3)26-18)24(17)14(4)22-23-20/h5-9H,10H2,1-4H3,(H,21,25). The van der Waals surface area contributed by atoms with Crippen LogP contribution in [0.3, 0.4) is 0 Å². The molecule has 0 aliphatic heterocycles. The average molecular weight is 380 g/mol. The molecule has 6 nitrogen and oxygen atoms in total. The van der Waals surface area contributed by atoms with E-state index in [0.717, 1.165) is 39.5 Å². The summed E-state index contributed by atoms with van der Waals surface area (Å²) in [4.78, 5) is 12.4. The van der Waals surface area contributed by atoms with Crippen LogP contribution >= 0.6 is 11.8 Å². The van der Waals surface area contributed by atoms with Crippen LogP contribution in [0.1, 0.15) is 22.7 Å². The van der Waals surface area contributed by atoms with Crippen molar-refractivity contribution in [3.63, 3.8) is 0 Å². The topological polar surface area (TPSA) is 72.4 Å². The molecule has 27 heavy (non-hydrogen) atoms. The van der Waals surface area contributed by atoms with Gasteiger partial charge in [-0.15, -0.1) is 10.2 Å². The van der Waals surface area contributed by atoms with E-state index in [9.17, 15) is 4.79 Å². The highest BCUT2D eigenvalue weighted by Crippen LogP contribution is 2.30. The van der Waals surface area contributed by atoms with Gasteiger partial charge in [0.15, 0.2) is 5.58 Å². The maximum Gasteiger partial charge on any atom is 0.234 e. The van der Waals surface area contributed by atoms with E-state index in [1.165, 1.54) is 17.3 Å². The van der Waals surface area contributed by atoms with Crippen LogP contribution in [0, 0.1) is 27.7 Å². The molecule has 0 bridgehead atoms. The number of nitrogens with one attached hydrogen (secondary N) is 1. The molecule has 138 valence electrons. The SMILES string of the molecule is Cc1ccc(NC(=O)CSc2nnc(C)n3c2cc2oc(C)cc23)c(C)c1. The van der Waals surface area contributed by atoms with Gasteiger partial charge in [-0.05, 0) is 39.3 Å². The fourth-order valence-electron chi connectivity index (χ4n) is 3.21. The first-order chi connectivity index (χ1) is 12.9. The highest BCUT2D eigenvalue weighted by atomic mass is 32.2. The third kappa shape index (κ3) is 3.30. The minimum Gasteiger partial charge on any atom is -0.460 e. The molecule has 1 aromatic carbocycles. The summed E-state index contributed by atoms with van der Waals surface area (Å²) >= 11 is 1.37. The van der Waals surface area contributed by atoms with Crippen molar-refractivity contribution in [3.8, 4) is 0 Å². The molecule has 1 amide bonds. The second kappa shape index (κ2) is 6.74. The number of thioether (sulfide) groups is 1. The van der Waals surface area contributed by atoms with Gasteiger partial charge in [0.05, 0.1) is 16.8 Å². The number of benzene rings is 1. The first-order valence-electron chi connectivity index (χ1n) is 8.67. The molecule has 4 aromatic rings. The fourth-order valence-corrected chi connectivity index (χ4v) is 3.95. The van der Waals surface area contributed by atoms with Crippen LogP contribution in [-0.2, 0) is 4.79 Å². The van der Waals surface area contributed by atoms with Crippen LogP contribution in [0.4, 0.5) is 5.69 Å². The van der Waals surface area contributed by atoms with Gasteiger partial charge in [0.2, 0.25) is 5.91 Å². The minimum atomic E-state index is -0.0708. The summed E-state index contributed by atoms with van der Waals surface area (Å²) < 4.78 is 7.74. The van der Waals surface area contributed by atoms with Crippen LogP contribution in [0.25, 0.3) is 16.6 Å². The normalized spacial score (nSPS) is 11.4. The van der Waals surface area contributed by atoms with Crippen molar-refractivity contribution < 1.29 is 9.21 Å². The highest BCUT2D eigenvalue weighted by Gasteiger charge is 2.16. The molecule has 3 heterocycles. The number of anilines is 1. The first kappa shape index (κ1) is 17.6. The van der Waals surface area contributed by atoms with Crippen LogP contribution in [0.5, 0.6) is 0 Å². The van der Waals surface area contributed by atoms with E-state index in [-0.39, 0.29) is 11.7 Å². The van der Waals surface area contributed by atoms with Gasteiger partial charge < -0.3 is 9.73 Å². The van der Waals surface area contributed by atoms with E-state index >= 15 is 0 Å². The van der Waals surface area contributed by atoms with Crippen molar-refractivity contribution >= 4 is 40.0 Å². The Morgan fingerprint density at radius 3 is 2.70 bits per heavy atom. The molecule has 0 saturated heterocycles. The Labute approximate surface area is 161 Å². The fraction of sp³-hybridized carbons (Fsp3) is 0.250. The number of carbonyl (C=O) groups excluding carboxylic acids is 1. The smallest absolute Gasteiger partial charge is 0.234 e. The number of carbonyl (C=O) groups is 1. The highest BCUT2D eigenvalue weighted by molar-refractivity contribution is 8.00. The predicted molar refractivity (Wildman–Crippen MR) is 108 cm³/mol.